The molecule has 0 atom stereocenters. The summed E-state index contributed by atoms with van der Waals surface area (Å²) in [5.74, 6) is 0.940. The van der Waals surface area contributed by atoms with Gasteiger partial charge in [-0.15, -0.1) is 0 Å². The maximum atomic E-state index is 11.8. The fraction of sp³-hybridized carbons (Fsp3) is 0.500. The van der Waals surface area contributed by atoms with E-state index in [0.717, 1.165) is 5.82 Å². The van der Waals surface area contributed by atoms with Crippen molar-refractivity contribution in [3.63, 3.8) is 0 Å². The average molecular weight is 180 g/mol. The zero-order chi connectivity index (χ0) is 10.1. The van der Waals surface area contributed by atoms with Crippen molar-refractivity contribution in [1.82, 2.24) is 4.98 Å². The van der Waals surface area contributed by atoms with Gasteiger partial charge in [-0.05, 0) is 12.1 Å². The van der Waals surface area contributed by atoms with E-state index in [1.54, 1.807) is 11.9 Å². The lowest BCUT2D eigenvalue weighted by Gasteiger charge is -2.24. The van der Waals surface area contributed by atoms with Crippen LogP contribution in [0.1, 0.15) is 20.8 Å². The van der Waals surface area contributed by atoms with Crippen LogP contribution in [-0.2, 0) is 4.79 Å². The highest BCUT2D eigenvalue weighted by molar-refractivity contribution is 5.95. The number of nitrogens with zero attached hydrogens (tertiary/aromatic N) is 1. The second-order valence-electron chi connectivity index (χ2n) is 4.17. The first-order valence-electron chi connectivity index (χ1n) is 4.34. The number of anilines is 1. The van der Waals surface area contributed by atoms with Gasteiger partial charge >= 0.3 is 0 Å². The molecule has 0 bridgehead atoms. The van der Waals surface area contributed by atoms with Crippen LogP contribution in [0.5, 0.6) is 0 Å². The van der Waals surface area contributed by atoms with Crippen LogP contribution in [0.25, 0.3) is 0 Å². The first-order valence-corrected chi connectivity index (χ1v) is 4.34. The molecule has 0 saturated carbocycles. The molecule has 13 heavy (non-hydrogen) atoms. The lowest BCUT2D eigenvalue weighted by Crippen LogP contribution is -2.36. The van der Waals surface area contributed by atoms with Crippen molar-refractivity contribution < 1.29 is 4.79 Å². The van der Waals surface area contributed by atoms with Gasteiger partial charge in [0.2, 0.25) is 5.91 Å². The molecule has 72 valence electrons. The Kier molecular flexibility index (Phi) is 2.45. The Bertz CT molecular complexity index is 282. The van der Waals surface area contributed by atoms with Crippen molar-refractivity contribution >= 4 is 11.7 Å². The molecule has 0 aliphatic rings. The highest BCUT2D eigenvalue weighted by Crippen LogP contribution is 2.20. The Balaban J connectivity index is 2.81. The van der Waals surface area contributed by atoms with Crippen LogP contribution in [0.3, 0.4) is 0 Å². The molecule has 0 fully saturated rings. The van der Waals surface area contributed by atoms with Gasteiger partial charge in [-0.1, -0.05) is 20.8 Å². The number of amides is 1. The fourth-order valence-electron chi connectivity index (χ4n) is 1.14. The first-order chi connectivity index (χ1) is 5.93. The quantitative estimate of drug-likeness (QED) is 0.705. The molecule has 1 aromatic rings. The van der Waals surface area contributed by atoms with Crippen molar-refractivity contribution in [2.75, 3.05) is 11.9 Å². The molecule has 1 N–H and O–H groups in total. The van der Waals surface area contributed by atoms with Crippen molar-refractivity contribution in [3.05, 3.63) is 18.3 Å². The van der Waals surface area contributed by atoms with Gasteiger partial charge in [0.15, 0.2) is 0 Å². The number of H-pyrrole nitrogens is 1. The minimum atomic E-state index is -0.333. The highest BCUT2D eigenvalue weighted by atomic mass is 16.2. The number of aromatic amines is 1. The molecule has 3 heteroatoms. The van der Waals surface area contributed by atoms with Crippen molar-refractivity contribution in [2.45, 2.75) is 20.8 Å². The van der Waals surface area contributed by atoms with Crippen LogP contribution in [0.4, 0.5) is 5.82 Å². The standard InChI is InChI=1S/C10H16N2O/c1-10(2,3)9(13)12(4)8-6-5-7-11-8/h5-7,11H,1-4H3. The molecule has 0 aliphatic carbocycles. The molecule has 0 aliphatic heterocycles. The van der Waals surface area contributed by atoms with E-state index in [1.165, 1.54) is 0 Å². The monoisotopic (exact) mass is 180 g/mol. The van der Waals surface area contributed by atoms with Crippen LogP contribution in [0.15, 0.2) is 18.3 Å². The van der Waals surface area contributed by atoms with Gasteiger partial charge in [0.25, 0.3) is 0 Å². The van der Waals surface area contributed by atoms with Gasteiger partial charge in [-0.25, -0.2) is 0 Å². The Morgan fingerprint density at radius 1 is 1.46 bits per heavy atom. The summed E-state index contributed by atoms with van der Waals surface area (Å²) in [6, 6.07) is 3.76. The fourth-order valence-corrected chi connectivity index (χ4v) is 1.14. The third-order valence-electron chi connectivity index (χ3n) is 1.89. The molecule has 1 aromatic heterocycles. The van der Waals surface area contributed by atoms with E-state index >= 15 is 0 Å². The third kappa shape index (κ3) is 2.11. The van der Waals surface area contributed by atoms with Crippen LogP contribution >= 0.6 is 0 Å². The number of rotatable bonds is 1. The summed E-state index contributed by atoms with van der Waals surface area (Å²) in [6.07, 6.45) is 1.81. The topological polar surface area (TPSA) is 36.1 Å². The van der Waals surface area contributed by atoms with E-state index in [0.29, 0.717) is 0 Å². The Morgan fingerprint density at radius 2 is 2.08 bits per heavy atom. The van der Waals surface area contributed by atoms with Crippen LogP contribution in [0, 0.1) is 5.41 Å². The van der Waals surface area contributed by atoms with Gasteiger partial charge in [0.05, 0.1) is 0 Å². The van der Waals surface area contributed by atoms with Gasteiger partial charge in [0, 0.05) is 18.7 Å². The summed E-state index contributed by atoms with van der Waals surface area (Å²) in [5, 5.41) is 0. The number of aromatic nitrogens is 1. The smallest absolute Gasteiger partial charge is 0.233 e. The minimum absolute atomic E-state index is 0.106. The zero-order valence-electron chi connectivity index (χ0n) is 8.59. The van der Waals surface area contributed by atoms with E-state index < -0.39 is 0 Å². The molecule has 1 amide bonds. The van der Waals surface area contributed by atoms with Crippen LogP contribution < -0.4 is 4.90 Å². The number of nitrogens with one attached hydrogen (secondary N) is 1. The summed E-state index contributed by atoms with van der Waals surface area (Å²) in [7, 11) is 1.78. The molecule has 1 heterocycles. The maximum absolute atomic E-state index is 11.8. The summed E-state index contributed by atoms with van der Waals surface area (Å²) >= 11 is 0. The van der Waals surface area contributed by atoms with E-state index in [4.69, 9.17) is 0 Å². The predicted octanol–water partition coefficient (Wildman–Crippen LogP) is 2.02. The van der Waals surface area contributed by atoms with E-state index in [9.17, 15) is 4.79 Å². The van der Waals surface area contributed by atoms with Crippen LogP contribution in [0.2, 0.25) is 0 Å². The van der Waals surface area contributed by atoms with E-state index in [-0.39, 0.29) is 11.3 Å². The lowest BCUT2D eigenvalue weighted by molar-refractivity contribution is -0.125. The second kappa shape index (κ2) is 3.24. The Hall–Kier alpha value is -1.25. The second-order valence-corrected chi connectivity index (χ2v) is 4.17. The largest absolute Gasteiger partial charge is 0.348 e. The summed E-state index contributed by atoms with van der Waals surface area (Å²) in [6.45, 7) is 5.73. The zero-order valence-corrected chi connectivity index (χ0v) is 8.59. The highest BCUT2D eigenvalue weighted by Gasteiger charge is 2.25. The summed E-state index contributed by atoms with van der Waals surface area (Å²) in [4.78, 5) is 16.4. The molecule has 3 nitrogen and oxygen atoms in total. The molecule has 0 radical (unpaired) electrons. The van der Waals surface area contributed by atoms with Gasteiger partial charge in [0.1, 0.15) is 5.82 Å². The van der Waals surface area contributed by atoms with E-state index in [2.05, 4.69) is 4.98 Å². The molecular weight excluding hydrogens is 164 g/mol. The first kappa shape index (κ1) is 9.84. The maximum Gasteiger partial charge on any atom is 0.233 e. The Labute approximate surface area is 78.8 Å². The summed E-state index contributed by atoms with van der Waals surface area (Å²) in [5.41, 5.74) is -0.333. The molecule has 1 rings (SSSR count). The molecule has 0 aromatic carbocycles. The third-order valence-corrected chi connectivity index (χ3v) is 1.89. The van der Waals surface area contributed by atoms with Crippen LogP contribution in [-0.4, -0.2) is 17.9 Å². The van der Waals surface area contributed by atoms with Gasteiger partial charge < -0.3 is 9.88 Å². The SMILES string of the molecule is CN(C(=O)C(C)(C)C)c1ccc[nH]1. The molecule has 0 saturated heterocycles. The normalized spacial score (nSPS) is 11.4. The molecule has 0 unspecified atom stereocenters. The van der Waals surface area contributed by atoms with Crippen molar-refractivity contribution in [1.29, 1.82) is 0 Å². The number of hydrogen-bond acceptors (Lipinski definition) is 1. The molecule has 0 spiro atoms. The number of carbonyl (C=O) groups is 1. The van der Waals surface area contributed by atoms with Crippen molar-refractivity contribution in [2.24, 2.45) is 5.41 Å². The predicted molar refractivity (Wildman–Crippen MR) is 53.7 cm³/mol. The van der Waals surface area contributed by atoms with Gasteiger partial charge in [-0.2, -0.15) is 0 Å². The number of hydrogen-bond donors (Lipinski definition) is 1. The minimum Gasteiger partial charge on any atom is -0.348 e. The summed E-state index contributed by atoms with van der Waals surface area (Å²) < 4.78 is 0. The lowest BCUT2D eigenvalue weighted by atomic mass is 9.95. The Morgan fingerprint density at radius 3 is 2.46 bits per heavy atom. The average Bonchev–Trinajstić information content (AvgIpc) is 2.51. The number of carbonyl (C=O) groups excluding carboxylic acids is 1. The molecular formula is C10H16N2O. The van der Waals surface area contributed by atoms with Gasteiger partial charge in [-0.3, -0.25) is 4.79 Å². The van der Waals surface area contributed by atoms with Crippen molar-refractivity contribution in [3.8, 4) is 0 Å². The van der Waals surface area contributed by atoms with E-state index in [1.807, 2.05) is 39.1 Å².